The number of hydrogen-bond donors (Lipinski definition) is 1. The van der Waals surface area contributed by atoms with Gasteiger partial charge in [-0.1, -0.05) is 23.3 Å². The van der Waals surface area contributed by atoms with Gasteiger partial charge in [-0.25, -0.2) is 16.5 Å². The van der Waals surface area contributed by atoms with Crippen molar-refractivity contribution in [2.45, 2.75) is 19.4 Å². The normalized spacial score (nSPS) is 12.4. The van der Waals surface area contributed by atoms with Gasteiger partial charge in [0.25, 0.3) is 5.91 Å². The van der Waals surface area contributed by atoms with Crippen LogP contribution < -0.4 is 10.1 Å². The number of rotatable bonds is 5. The fourth-order valence-electron chi connectivity index (χ4n) is 2.75. The lowest BCUT2D eigenvalue weighted by molar-refractivity contribution is 0.102. The summed E-state index contributed by atoms with van der Waals surface area (Å²) in [6, 6.07) is 5.08. The van der Waals surface area contributed by atoms with Gasteiger partial charge in [-0.15, -0.1) is 10.2 Å². The Morgan fingerprint density at radius 1 is 1.42 bits per heavy atom. The quantitative estimate of drug-likeness (QED) is 0.357. The highest BCUT2D eigenvalue weighted by molar-refractivity contribution is 7.15. The molecule has 1 N–H and O–H groups in total. The first-order valence-corrected chi connectivity index (χ1v) is 10.5. The maximum Gasteiger partial charge on any atom is 0.258 e. The maximum atomic E-state index is 13.1. The molecule has 1 aromatic carbocycles. The Hall–Kier alpha value is -3.53. The molecular weight excluding hydrogens is 436 g/mol. The minimum atomic E-state index is -0.404. The summed E-state index contributed by atoms with van der Waals surface area (Å²) < 4.78 is 5.35. The number of methoxy groups -OCH3 is 1. The molecule has 1 aliphatic rings. The van der Waals surface area contributed by atoms with Gasteiger partial charge in [-0.2, -0.15) is 0 Å². The van der Waals surface area contributed by atoms with Crippen LogP contribution in [-0.4, -0.2) is 33.2 Å². The number of nitrogens with zero attached hydrogens (tertiary/aromatic N) is 5. The first-order valence-electron chi connectivity index (χ1n) is 9.27. The van der Waals surface area contributed by atoms with E-state index in [1.54, 1.807) is 18.2 Å². The Bertz CT molecular complexity index is 1250. The number of carbonyl (C=O) groups excluding carboxylic acids is 1. The van der Waals surface area contributed by atoms with Gasteiger partial charge in [0.1, 0.15) is 5.69 Å². The summed E-state index contributed by atoms with van der Waals surface area (Å²) >= 11 is 7.20. The van der Waals surface area contributed by atoms with Gasteiger partial charge in [0.15, 0.2) is 10.8 Å². The molecule has 1 aliphatic carbocycles. The van der Waals surface area contributed by atoms with Crippen LogP contribution in [0.2, 0.25) is 5.28 Å². The molecule has 0 atom stereocenters. The van der Waals surface area contributed by atoms with Gasteiger partial charge in [-0.05, 0) is 42.5 Å². The van der Waals surface area contributed by atoms with Crippen LogP contribution in [-0.2, 0) is 6.54 Å². The zero-order valence-electron chi connectivity index (χ0n) is 16.3. The number of carbonyl (C=O) groups is 1. The van der Waals surface area contributed by atoms with Gasteiger partial charge in [0.2, 0.25) is 17.0 Å². The minimum Gasteiger partial charge on any atom is -0.493 e. The fourth-order valence-corrected chi connectivity index (χ4v) is 3.48. The molecule has 1 saturated carbocycles. The molecule has 2 aromatic heterocycles. The smallest absolute Gasteiger partial charge is 0.258 e. The number of nitrogens with one attached hydrogen (secondary N) is 1. The summed E-state index contributed by atoms with van der Waals surface area (Å²) in [4.78, 5) is 24.6. The zero-order chi connectivity index (χ0) is 21.8. The van der Waals surface area contributed by atoms with Crippen LogP contribution in [0.5, 0.6) is 5.75 Å². The molecule has 1 fully saturated rings. The van der Waals surface area contributed by atoms with E-state index in [0.717, 1.165) is 18.4 Å². The standard InChI is InChI=1S/C21H15ClN6O2S/c1-23-10-13-5-7-14(15(9-13)18-16(30-2)11-24-20(22)25-18)19(29)26-21-28-27-17(31-21)8-6-12-3-4-12/h5,7,9,11-12H,3-4,10H2,2H3,(H,26,28,29). The van der Waals surface area contributed by atoms with E-state index in [1.807, 2.05) is 0 Å². The van der Waals surface area contributed by atoms with Gasteiger partial charge in [0, 0.05) is 22.6 Å². The first-order chi connectivity index (χ1) is 15.1. The average molecular weight is 451 g/mol. The van der Waals surface area contributed by atoms with E-state index in [1.165, 1.54) is 24.6 Å². The number of benzene rings is 1. The SMILES string of the molecule is [C-]#[N+]Cc1ccc(C(=O)Nc2nnc(C#CC3CC3)s2)c(-c2nc(Cl)ncc2OC)c1. The van der Waals surface area contributed by atoms with Gasteiger partial charge in [0.05, 0.1) is 13.3 Å². The molecule has 0 bridgehead atoms. The van der Waals surface area contributed by atoms with Crippen molar-refractivity contribution >= 4 is 34.0 Å². The molecule has 1 amide bonds. The van der Waals surface area contributed by atoms with E-state index in [2.05, 4.69) is 42.2 Å². The lowest BCUT2D eigenvalue weighted by atomic mass is 9.99. The van der Waals surface area contributed by atoms with Crippen molar-refractivity contribution in [3.05, 3.63) is 57.2 Å². The van der Waals surface area contributed by atoms with E-state index >= 15 is 0 Å². The molecule has 3 aromatic rings. The van der Waals surface area contributed by atoms with Crippen molar-refractivity contribution in [1.82, 2.24) is 20.2 Å². The number of aromatic nitrogens is 4. The molecule has 31 heavy (non-hydrogen) atoms. The summed E-state index contributed by atoms with van der Waals surface area (Å²) in [6.07, 6.45) is 3.68. The number of halogens is 1. The first kappa shape index (κ1) is 20.7. The molecule has 0 spiro atoms. The predicted molar refractivity (Wildman–Crippen MR) is 117 cm³/mol. The van der Waals surface area contributed by atoms with Crippen LogP contribution in [0.25, 0.3) is 16.1 Å². The maximum absolute atomic E-state index is 13.1. The molecule has 8 nitrogen and oxygen atoms in total. The zero-order valence-corrected chi connectivity index (χ0v) is 17.9. The highest BCUT2D eigenvalue weighted by atomic mass is 35.5. The summed E-state index contributed by atoms with van der Waals surface area (Å²) in [5, 5.41) is 11.7. The van der Waals surface area contributed by atoms with Crippen LogP contribution in [0.4, 0.5) is 5.13 Å². The molecule has 2 heterocycles. The Balaban J connectivity index is 1.68. The number of amides is 1. The molecule has 0 radical (unpaired) electrons. The molecular formula is C21H15ClN6O2S. The average Bonchev–Trinajstić information content (AvgIpc) is 3.50. The summed E-state index contributed by atoms with van der Waals surface area (Å²) in [6.45, 7) is 7.29. The molecule has 154 valence electrons. The Kier molecular flexibility index (Phi) is 6.08. The summed E-state index contributed by atoms with van der Waals surface area (Å²) in [5.74, 6) is 6.51. The van der Waals surface area contributed by atoms with Crippen LogP contribution in [0.15, 0.2) is 24.4 Å². The van der Waals surface area contributed by atoms with Crippen LogP contribution >= 0.6 is 22.9 Å². The van der Waals surface area contributed by atoms with Crippen molar-refractivity contribution in [1.29, 1.82) is 0 Å². The summed E-state index contributed by atoms with van der Waals surface area (Å²) in [7, 11) is 1.48. The van der Waals surface area contributed by atoms with Crippen LogP contribution in [0.1, 0.15) is 33.8 Å². The second-order valence-electron chi connectivity index (χ2n) is 6.66. The topological polar surface area (TPSA) is 94.2 Å². The minimum absolute atomic E-state index is 0.0146. The highest BCUT2D eigenvalue weighted by Crippen LogP contribution is 2.33. The molecule has 4 rings (SSSR count). The van der Waals surface area contributed by atoms with E-state index in [9.17, 15) is 4.79 Å². The fraction of sp³-hybridized carbons (Fsp3) is 0.238. The number of ether oxygens (including phenoxy) is 1. The predicted octanol–water partition coefficient (Wildman–Crippen LogP) is 4.09. The van der Waals surface area contributed by atoms with Crippen molar-refractivity contribution in [3.8, 4) is 28.8 Å². The number of anilines is 1. The lowest BCUT2D eigenvalue weighted by Gasteiger charge is -2.12. The molecule has 0 saturated heterocycles. The second kappa shape index (κ2) is 9.09. The molecule has 0 aliphatic heterocycles. The Labute approximate surface area is 187 Å². The third-order valence-corrected chi connectivity index (χ3v) is 5.33. The third-order valence-electron chi connectivity index (χ3n) is 4.40. The number of hydrogen-bond acceptors (Lipinski definition) is 7. The monoisotopic (exact) mass is 450 g/mol. The van der Waals surface area contributed by atoms with Crippen LogP contribution in [0, 0.1) is 24.3 Å². The molecule has 10 heteroatoms. The third kappa shape index (κ3) is 4.97. The second-order valence-corrected chi connectivity index (χ2v) is 7.98. The largest absolute Gasteiger partial charge is 0.493 e. The Morgan fingerprint density at radius 2 is 2.26 bits per heavy atom. The van der Waals surface area contributed by atoms with Crippen molar-refractivity contribution in [2.24, 2.45) is 5.92 Å². The van der Waals surface area contributed by atoms with Crippen LogP contribution in [0.3, 0.4) is 0 Å². The van der Waals surface area contributed by atoms with Crippen molar-refractivity contribution in [2.75, 3.05) is 12.4 Å². The van der Waals surface area contributed by atoms with E-state index in [-0.39, 0.29) is 11.8 Å². The van der Waals surface area contributed by atoms with E-state index in [0.29, 0.717) is 38.6 Å². The van der Waals surface area contributed by atoms with Gasteiger partial charge >= 0.3 is 0 Å². The van der Waals surface area contributed by atoms with Crippen molar-refractivity contribution in [3.63, 3.8) is 0 Å². The van der Waals surface area contributed by atoms with E-state index in [4.69, 9.17) is 22.9 Å². The molecule has 0 unspecified atom stereocenters. The highest BCUT2D eigenvalue weighted by Gasteiger charge is 2.21. The van der Waals surface area contributed by atoms with Crippen molar-refractivity contribution < 1.29 is 9.53 Å². The lowest BCUT2D eigenvalue weighted by Crippen LogP contribution is -2.14. The van der Waals surface area contributed by atoms with Gasteiger partial charge in [-0.3, -0.25) is 10.1 Å². The van der Waals surface area contributed by atoms with Gasteiger partial charge < -0.3 is 9.58 Å². The Morgan fingerprint density at radius 3 is 3.00 bits per heavy atom. The summed E-state index contributed by atoms with van der Waals surface area (Å²) in [5.41, 5.74) is 1.88. The van der Waals surface area contributed by atoms with E-state index < -0.39 is 5.91 Å².